The molecule has 4 rings (SSSR count). The number of nitrogens with zero attached hydrogens (tertiary/aromatic N) is 3. The van der Waals surface area contributed by atoms with E-state index >= 15 is 0 Å². The minimum atomic E-state index is -0.661. The number of aliphatic hydroxyl groups is 1. The Labute approximate surface area is 238 Å². The molecule has 2 aliphatic carbocycles. The van der Waals surface area contributed by atoms with Crippen LogP contribution in [0.5, 0.6) is 0 Å². The predicted molar refractivity (Wildman–Crippen MR) is 155 cm³/mol. The Kier molecular flexibility index (Phi) is 7.93. The number of alkyl halides is 3. The summed E-state index contributed by atoms with van der Waals surface area (Å²) in [5.74, 6) is -0.687. The van der Waals surface area contributed by atoms with Crippen LogP contribution in [0.1, 0.15) is 65.3 Å². The Morgan fingerprint density at radius 3 is 2.33 bits per heavy atom. The number of amides is 2. The second-order valence-electron chi connectivity index (χ2n) is 8.80. The fraction of sp³-hybridized carbons (Fsp3) is 0.545. The van der Waals surface area contributed by atoms with E-state index < -0.39 is 11.9 Å². The monoisotopic (exact) mass is 806 g/mol. The quantitative estimate of drug-likeness (QED) is 0.290. The van der Waals surface area contributed by atoms with E-state index in [0.29, 0.717) is 16.5 Å². The van der Waals surface area contributed by atoms with Crippen molar-refractivity contribution in [3.05, 3.63) is 34.1 Å². The van der Waals surface area contributed by atoms with Crippen molar-refractivity contribution in [1.29, 1.82) is 0 Å². The minimum absolute atomic E-state index is 0.184. The molecule has 0 aromatic carbocycles. The van der Waals surface area contributed by atoms with Crippen molar-refractivity contribution >= 4 is 102 Å². The largest absolute Gasteiger partial charge is 0.387 e. The number of aryl methyl sites for hydroxylation is 2. The van der Waals surface area contributed by atoms with Gasteiger partial charge in [-0.15, -0.1) is 0 Å². The standard InChI is InChI=1S/C22H25I3N4O3S/c1-12-9-14(10-13(2)26-12)29(16(31)11-30)20-28-17(18(33-20)22(23,24)25)19(32)27-15-5-8-21(15)6-3-4-7-21/h9-10,15,30H,3-8,11H2,1-2H3,(H,27,32). The van der Waals surface area contributed by atoms with Gasteiger partial charge in [0.2, 0.25) is 0 Å². The normalized spacial score (nSPS) is 19.4. The second-order valence-corrected chi connectivity index (χ2v) is 20.8. The molecule has 1 spiro atoms. The molecule has 0 bridgehead atoms. The first-order valence-corrected chi connectivity index (χ1v) is 14.9. The lowest BCUT2D eigenvalue weighted by atomic mass is 9.63. The third kappa shape index (κ3) is 5.35. The zero-order valence-corrected chi connectivity index (χ0v) is 25.6. The average molecular weight is 806 g/mol. The van der Waals surface area contributed by atoms with Crippen LogP contribution < -0.4 is 10.2 Å². The van der Waals surface area contributed by atoms with Crippen LogP contribution in [-0.2, 0) is 4.23 Å². The van der Waals surface area contributed by atoms with Gasteiger partial charge in [0.1, 0.15) is 12.3 Å². The van der Waals surface area contributed by atoms with E-state index in [1.54, 1.807) is 12.1 Å². The van der Waals surface area contributed by atoms with Crippen molar-refractivity contribution in [3.63, 3.8) is 0 Å². The third-order valence-electron chi connectivity index (χ3n) is 6.56. The average Bonchev–Trinajstić information content (AvgIpc) is 3.39. The number of aromatic nitrogens is 2. The van der Waals surface area contributed by atoms with Gasteiger partial charge in [0.15, 0.2) is 4.57 Å². The number of rotatable bonds is 6. The number of nitrogens with one attached hydrogen (secondary N) is 1. The summed E-state index contributed by atoms with van der Waals surface area (Å²) >= 11 is 8.15. The van der Waals surface area contributed by atoms with Crippen LogP contribution in [0.2, 0.25) is 0 Å². The minimum Gasteiger partial charge on any atom is -0.387 e. The van der Waals surface area contributed by atoms with Crippen LogP contribution in [0.25, 0.3) is 0 Å². The van der Waals surface area contributed by atoms with Crippen LogP contribution in [0.4, 0.5) is 10.8 Å². The highest BCUT2D eigenvalue weighted by molar-refractivity contribution is 14.3. The molecular weight excluding hydrogens is 781 g/mol. The maximum Gasteiger partial charge on any atom is 0.271 e. The van der Waals surface area contributed by atoms with Crippen LogP contribution in [-0.4, -0.2) is 39.5 Å². The summed E-state index contributed by atoms with van der Waals surface area (Å²) in [4.78, 5) is 37.5. The predicted octanol–water partition coefficient (Wildman–Crippen LogP) is 5.68. The summed E-state index contributed by atoms with van der Waals surface area (Å²) in [6, 6.07) is 3.76. The Balaban J connectivity index is 1.71. The van der Waals surface area contributed by atoms with Gasteiger partial charge in [-0.3, -0.25) is 19.5 Å². The molecule has 33 heavy (non-hydrogen) atoms. The first-order valence-electron chi connectivity index (χ1n) is 10.8. The summed E-state index contributed by atoms with van der Waals surface area (Å²) in [6.07, 6.45) is 7.02. The summed E-state index contributed by atoms with van der Waals surface area (Å²) in [6.45, 7) is 3.05. The number of hydrogen-bond donors (Lipinski definition) is 2. The van der Waals surface area contributed by atoms with E-state index in [2.05, 4.69) is 83.1 Å². The van der Waals surface area contributed by atoms with Crippen LogP contribution in [0, 0.1) is 19.3 Å². The highest BCUT2D eigenvalue weighted by atomic mass is 127. The first kappa shape index (κ1) is 25.9. The van der Waals surface area contributed by atoms with Gasteiger partial charge in [-0.05, 0) is 125 Å². The highest BCUT2D eigenvalue weighted by Gasteiger charge is 2.49. The van der Waals surface area contributed by atoms with Crippen molar-refractivity contribution in [2.75, 3.05) is 11.5 Å². The molecule has 2 N–H and O–H groups in total. The number of pyridine rings is 1. The molecule has 2 aliphatic rings. The molecule has 0 aliphatic heterocycles. The van der Waals surface area contributed by atoms with E-state index in [-0.39, 0.29) is 17.4 Å². The number of thiazole rings is 1. The van der Waals surface area contributed by atoms with Gasteiger partial charge in [-0.25, -0.2) is 4.98 Å². The number of aliphatic hydroxyl groups excluding tert-OH is 1. The van der Waals surface area contributed by atoms with Gasteiger partial charge in [0.25, 0.3) is 11.8 Å². The smallest absolute Gasteiger partial charge is 0.271 e. The van der Waals surface area contributed by atoms with Gasteiger partial charge in [-0.1, -0.05) is 24.2 Å². The molecule has 2 fully saturated rings. The number of carbonyl (C=O) groups is 2. The fourth-order valence-electron chi connectivity index (χ4n) is 4.95. The summed E-state index contributed by atoms with van der Waals surface area (Å²) in [5, 5.41) is 13.3. The third-order valence-corrected chi connectivity index (χ3v) is 10.4. The van der Waals surface area contributed by atoms with E-state index in [9.17, 15) is 14.7 Å². The summed E-state index contributed by atoms with van der Waals surface area (Å²) < 4.78 is -0.418. The van der Waals surface area contributed by atoms with Crippen LogP contribution >= 0.6 is 79.1 Å². The van der Waals surface area contributed by atoms with Gasteiger partial charge in [-0.2, -0.15) is 0 Å². The lowest BCUT2D eigenvalue weighted by Crippen LogP contribution is -2.54. The van der Waals surface area contributed by atoms with Gasteiger partial charge >= 0.3 is 0 Å². The SMILES string of the molecule is Cc1cc(N(C(=O)CO)c2nc(C(=O)NC3CCC34CCCC4)c(C(I)(I)I)s2)cc(C)n1. The highest BCUT2D eigenvalue weighted by Crippen LogP contribution is 2.54. The Morgan fingerprint density at radius 2 is 1.82 bits per heavy atom. The van der Waals surface area contributed by atoms with Crippen LogP contribution in [0.15, 0.2) is 12.1 Å². The Bertz CT molecular complexity index is 1060. The number of hydrogen-bond acceptors (Lipinski definition) is 6. The molecule has 0 saturated heterocycles. The molecule has 2 heterocycles. The van der Waals surface area contributed by atoms with E-state index in [4.69, 9.17) is 0 Å². The van der Waals surface area contributed by atoms with Crippen molar-refractivity contribution in [1.82, 2.24) is 15.3 Å². The molecule has 2 aromatic heterocycles. The summed E-state index contributed by atoms with van der Waals surface area (Å²) in [7, 11) is 0. The van der Waals surface area contributed by atoms with E-state index in [1.165, 1.54) is 48.3 Å². The maximum absolute atomic E-state index is 13.4. The maximum atomic E-state index is 13.4. The zero-order chi connectivity index (χ0) is 24.0. The van der Waals surface area contributed by atoms with Gasteiger partial charge in [0, 0.05) is 17.4 Å². The number of anilines is 2. The lowest BCUT2D eigenvalue weighted by Gasteiger charge is -2.47. The molecule has 0 radical (unpaired) electrons. The molecule has 1 unspecified atom stereocenters. The molecule has 2 amide bonds. The van der Waals surface area contributed by atoms with Crippen molar-refractivity contribution in [2.45, 2.75) is 57.8 Å². The van der Waals surface area contributed by atoms with Gasteiger partial charge in [0.05, 0.1) is 10.6 Å². The van der Waals surface area contributed by atoms with Crippen molar-refractivity contribution < 1.29 is 14.7 Å². The Morgan fingerprint density at radius 1 is 1.18 bits per heavy atom. The van der Waals surface area contributed by atoms with E-state index in [0.717, 1.165) is 22.7 Å². The molecular formula is C22H25I3N4O3S. The molecule has 7 nitrogen and oxygen atoms in total. The van der Waals surface area contributed by atoms with E-state index in [1.807, 2.05) is 13.8 Å². The molecule has 11 heteroatoms. The van der Waals surface area contributed by atoms with Crippen molar-refractivity contribution in [2.24, 2.45) is 5.41 Å². The molecule has 2 aromatic rings. The fourth-order valence-corrected chi connectivity index (χ4v) is 7.68. The zero-order valence-electron chi connectivity index (χ0n) is 18.3. The molecule has 178 valence electrons. The molecule has 2 saturated carbocycles. The lowest BCUT2D eigenvalue weighted by molar-refractivity contribution is -0.120. The Hall–Kier alpha value is -0.130. The first-order chi connectivity index (χ1) is 15.5. The molecule has 1 atom stereocenters. The van der Waals surface area contributed by atoms with Gasteiger partial charge < -0.3 is 10.4 Å². The summed E-state index contributed by atoms with van der Waals surface area (Å²) in [5.41, 5.74) is 2.71. The topological polar surface area (TPSA) is 95.4 Å². The number of carbonyl (C=O) groups excluding carboxylic acids is 2. The van der Waals surface area contributed by atoms with Crippen molar-refractivity contribution in [3.8, 4) is 0 Å². The number of halogens is 3. The van der Waals surface area contributed by atoms with Crippen LogP contribution in [0.3, 0.4) is 0 Å². The second kappa shape index (κ2) is 10.1.